The van der Waals surface area contributed by atoms with Crippen LogP contribution in [-0.4, -0.2) is 11.6 Å². The van der Waals surface area contributed by atoms with Crippen molar-refractivity contribution in [3.63, 3.8) is 0 Å². The van der Waals surface area contributed by atoms with Crippen molar-refractivity contribution in [3.8, 4) is 11.1 Å². The van der Waals surface area contributed by atoms with Crippen LogP contribution in [0.15, 0.2) is 36.4 Å². The number of hydrogen-bond donors (Lipinski definition) is 0. The fourth-order valence-corrected chi connectivity index (χ4v) is 6.42. The van der Waals surface area contributed by atoms with Gasteiger partial charge in [0.2, 0.25) is 0 Å². The molecule has 3 rings (SSSR count). The van der Waals surface area contributed by atoms with Crippen molar-refractivity contribution in [2.24, 2.45) is 0 Å². The third-order valence-corrected chi connectivity index (χ3v) is 8.38. The number of hydrogen-bond acceptors (Lipinski definition) is 2. The molecule has 0 heterocycles. The van der Waals surface area contributed by atoms with Crippen LogP contribution in [0, 0.1) is 13.8 Å². The SMILES string of the molecule is CCCCCCC1(CCCCCCCCCCC(=O)CC(C)=O)c2cc(C)ccc2-c2ccc(C)cc21. The van der Waals surface area contributed by atoms with Gasteiger partial charge in [-0.05, 0) is 62.3 Å². The maximum Gasteiger partial charge on any atom is 0.140 e. The second-order valence-corrected chi connectivity index (χ2v) is 11.7. The van der Waals surface area contributed by atoms with E-state index in [9.17, 15) is 9.59 Å². The molecule has 0 spiro atoms. The summed E-state index contributed by atoms with van der Waals surface area (Å²) in [6.45, 7) is 8.29. The van der Waals surface area contributed by atoms with E-state index in [4.69, 9.17) is 0 Å². The highest BCUT2D eigenvalue weighted by atomic mass is 16.1. The maximum absolute atomic E-state index is 11.7. The summed E-state index contributed by atoms with van der Waals surface area (Å²) in [5.74, 6) is 0.0964. The summed E-state index contributed by atoms with van der Waals surface area (Å²) in [7, 11) is 0. The number of carbonyl (C=O) groups is 2. The van der Waals surface area contributed by atoms with Crippen molar-refractivity contribution in [1.82, 2.24) is 0 Å². The fraction of sp³-hybridized carbons (Fsp3) is 0.600. The third kappa shape index (κ3) is 8.13. The third-order valence-electron chi connectivity index (χ3n) is 8.38. The average molecular weight is 503 g/mol. The molecule has 37 heavy (non-hydrogen) atoms. The van der Waals surface area contributed by atoms with Crippen LogP contribution >= 0.6 is 0 Å². The Morgan fingerprint density at radius 2 is 1.11 bits per heavy atom. The van der Waals surface area contributed by atoms with E-state index >= 15 is 0 Å². The maximum atomic E-state index is 11.7. The molecule has 0 amide bonds. The van der Waals surface area contributed by atoms with Crippen LogP contribution in [0.3, 0.4) is 0 Å². The van der Waals surface area contributed by atoms with E-state index in [1.807, 2.05) is 0 Å². The molecule has 2 aromatic rings. The van der Waals surface area contributed by atoms with Gasteiger partial charge in [0, 0.05) is 11.8 Å². The molecule has 0 atom stereocenters. The van der Waals surface area contributed by atoms with Crippen molar-refractivity contribution < 1.29 is 9.59 Å². The number of carbonyl (C=O) groups excluding carboxylic acids is 2. The summed E-state index contributed by atoms with van der Waals surface area (Å²) in [5.41, 5.74) is 9.04. The summed E-state index contributed by atoms with van der Waals surface area (Å²) < 4.78 is 0. The van der Waals surface area contributed by atoms with Crippen molar-refractivity contribution in [2.75, 3.05) is 0 Å². The molecule has 1 aliphatic carbocycles. The number of fused-ring (bicyclic) bond motifs is 3. The average Bonchev–Trinajstić information content (AvgIpc) is 3.11. The van der Waals surface area contributed by atoms with Gasteiger partial charge < -0.3 is 0 Å². The minimum absolute atomic E-state index is 0.0115. The Kier molecular flexibility index (Phi) is 11.6. The van der Waals surface area contributed by atoms with Gasteiger partial charge in [0.1, 0.15) is 11.6 Å². The highest BCUT2D eigenvalue weighted by molar-refractivity contribution is 5.97. The lowest BCUT2D eigenvalue weighted by atomic mass is 9.70. The molecule has 0 aliphatic heterocycles. The first kappa shape index (κ1) is 29.3. The van der Waals surface area contributed by atoms with Crippen molar-refractivity contribution >= 4 is 11.6 Å². The fourth-order valence-electron chi connectivity index (χ4n) is 6.42. The molecule has 0 fully saturated rings. The molecule has 2 aromatic carbocycles. The lowest BCUT2D eigenvalue weighted by Gasteiger charge is -2.33. The summed E-state index contributed by atoms with van der Waals surface area (Å²) in [6, 6.07) is 14.3. The predicted molar refractivity (Wildman–Crippen MR) is 157 cm³/mol. The largest absolute Gasteiger partial charge is 0.300 e. The van der Waals surface area contributed by atoms with Crippen LogP contribution in [0.2, 0.25) is 0 Å². The minimum Gasteiger partial charge on any atom is -0.300 e. The molecule has 0 saturated carbocycles. The van der Waals surface area contributed by atoms with Crippen LogP contribution in [0.25, 0.3) is 11.1 Å². The summed E-state index contributed by atoms with van der Waals surface area (Å²) >= 11 is 0. The molecule has 0 saturated heterocycles. The molecule has 2 heteroatoms. The highest BCUT2D eigenvalue weighted by Gasteiger charge is 2.42. The Hall–Kier alpha value is -2.22. The molecule has 0 unspecified atom stereocenters. The molecule has 0 radical (unpaired) electrons. The Balaban J connectivity index is 1.55. The van der Waals surface area contributed by atoms with E-state index in [2.05, 4.69) is 57.2 Å². The van der Waals surface area contributed by atoms with Gasteiger partial charge in [0.05, 0.1) is 6.42 Å². The Morgan fingerprint density at radius 3 is 1.59 bits per heavy atom. The van der Waals surface area contributed by atoms with Gasteiger partial charge in [-0.3, -0.25) is 9.59 Å². The van der Waals surface area contributed by atoms with Gasteiger partial charge >= 0.3 is 0 Å². The van der Waals surface area contributed by atoms with Gasteiger partial charge in [-0.1, -0.05) is 125 Å². The lowest BCUT2D eigenvalue weighted by molar-refractivity contribution is -0.125. The van der Waals surface area contributed by atoms with Crippen molar-refractivity contribution in [1.29, 1.82) is 0 Å². The second kappa shape index (κ2) is 14.6. The van der Waals surface area contributed by atoms with E-state index in [-0.39, 0.29) is 23.4 Å². The zero-order chi connectivity index (χ0) is 26.7. The van der Waals surface area contributed by atoms with Crippen LogP contribution in [0.5, 0.6) is 0 Å². The van der Waals surface area contributed by atoms with Gasteiger partial charge in [-0.15, -0.1) is 0 Å². The van der Waals surface area contributed by atoms with Crippen LogP contribution < -0.4 is 0 Å². The number of ketones is 2. The van der Waals surface area contributed by atoms with E-state index in [0.717, 1.165) is 12.8 Å². The van der Waals surface area contributed by atoms with Crippen molar-refractivity contribution in [2.45, 2.75) is 136 Å². The van der Waals surface area contributed by atoms with Crippen molar-refractivity contribution in [3.05, 3.63) is 58.7 Å². The molecule has 202 valence electrons. The van der Waals surface area contributed by atoms with Crippen LogP contribution in [-0.2, 0) is 15.0 Å². The van der Waals surface area contributed by atoms with Gasteiger partial charge in [0.15, 0.2) is 0 Å². The number of Topliss-reactive ketones (excluding diaryl/α,β-unsaturated/α-hetero) is 2. The molecule has 0 bridgehead atoms. The first-order valence-corrected chi connectivity index (χ1v) is 15.1. The normalized spacial score (nSPS) is 13.4. The monoisotopic (exact) mass is 502 g/mol. The molecule has 0 N–H and O–H groups in total. The highest BCUT2D eigenvalue weighted by Crippen LogP contribution is 2.54. The predicted octanol–water partition coefficient (Wildman–Crippen LogP) is 9.99. The Bertz CT molecular complexity index is 980. The lowest BCUT2D eigenvalue weighted by Crippen LogP contribution is -2.25. The summed E-state index contributed by atoms with van der Waals surface area (Å²) in [5, 5.41) is 0. The molecule has 2 nitrogen and oxygen atoms in total. The van der Waals surface area contributed by atoms with E-state index in [0.29, 0.717) is 6.42 Å². The van der Waals surface area contributed by atoms with Gasteiger partial charge in [-0.2, -0.15) is 0 Å². The first-order valence-electron chi connectivity index (χ1n) is 15.1. The zero-order valence-corrected chi connectivity index (χ0v) is 24.1. The number of aryl methyl sites for hydroxylation is 2. The van der Waals surface area contributed by atoms with E-state index in [1.165, 1.54) is 106 Å². The molecular weight excluding hydrogens is 452 g/mol. The van der Waals surface area contributed by atoms with E-state index in [1.54, 1.807) is 11.1 Å². The van der Waals surface area contributed by atoms with Crippen LogP contribution in [0.4, 0.5) is 0 Å². The Morgan fingerprint density at radius 1 is 0.649 bits per heavy atom. The zero-order valence-electron chi connectivity index (χ0n) is 24.1. The summed E-state index contributed by atoms with van der Waals surface area (Å²) in [6.07, 6.45) is 18.2. The van der Waals surface area contributed by atoms with Gasteiger partial charge in [0.25, 0.3) is 0 Å². The first-order chi connectivity index (χ1) is 17.9. The summed E-state index contributed by atoms with van der Waals surface area (Å²) in [4.78, 5) is 22.7. The standard InChI is InChI=1S/C35H50O2/c1-5-6-7-15-22-35(23-16-13-11-9-8-10-12-14-17-30(37)26-29(4)36)33-24-27(2)18-20-31(33)32-21-19-28(3)25-34(32)35/h18-21,24-25H,5-17,22-23,26H2,1-4H3. The minimum atomic E-state index is -0.0115. The topological polar surface area (TPSA) is 34.1 Å². The van der Waals surface area contributed by atoms with Gasteiger partial charge in [-0.25, -0.2) is 0 Å². The van der Waals surface area contributed by atoms with E-state index < -0.39 is 0 Å². The number of benzene rings is 2. The molecular formula is C35H50O2. The molecule has 1 aliphatic rings. The number of rotatable bonds is 18. The molecule has 0 aromatic heterocycles. The Labute approximate surface area is 226 Å². The van der Waals surface area contributed by atoms with Crippen LogP contribution in [0.1, 0.15) is 139 Å². The smallest absolute Gasteiger partial charge is 0.140 e. The number of unbranched alkanes of at least 4 members (excludes halogenated alkanes) is 10. The second-order valence-electron chi connectivity index (χ2n) is 11.7. The quantitative estimate of drug-likeness (QED) is 0.150.